The molecule has 0 amide bonds. The first-order valence-corrected chi connectivity index (χ1v) is 5.53. The third-order valence-corrected chi connectivity index (χ3v) is 2.86. The zero-order valence-electron chi connectivity index (χ0n) is 9.71. The molecule has 0 aliphatic carbocycles. The number of carboxylic acids is 1. The highest BCUT2D eigenvalue weighted by atomic mass is 16.4. The van der Waals surface area contributed by atoms with Crippen LogP contribution in [0.4, 0.5) is 11.4 Å². The van der Waals surface area contributed by atoms with Crippen molar-refractivity contribution in [3.05, 3.63) is 59.7 Å². The summed E-state index contributed by atoms with van der Waals surface area (Å²) in [4.78, 5) is 11.5. The lowest BCUT2D eigenvalue weighted by molar-refractivity contribution is -0.137. The molecule has 2 aromatic carbocycles. The first-order valence-electron chi connectivity index (χ1n) is 5.53. The molecular formula is C14H14N2O2. The predicted octanol–water partition coefficient (Wildman–Crippen LogP) is 2.07. The number of anilines is 2. The Morgan fingerprint density at radius 2 is 1.67 bits per heavy atom. The molecule has 0 heterocycles. The minimum absolute atomic E-state index is 0.328. The van der Waals surface area contributed by atoms with E-state index in [0.717, 1.165) is 0 Å². The minimum Gasteiger partial charge on any atom is -0.481 e. The van der Waals surface area contributed by atoms with Gasteiger partial charge in [0.15, 0.2) is 0 Å². The quantitative estimate of drug-likeness (QED) is 0.719. The number of aliphatic carboxylic acids is 1. The van der Waals surface area contributed by atoms with Gasteiger partial charge >= 0.3 is 5.97 Å². The summed E-state index contributed by atoms with van der Waals surface area (Å²) in [7, 11) is 0. The molecule has 2 rings (SSSR count). The van der Waals surface area contributed by atoms with Crippen molar-refractivity contribution in [3.8, 4) is 0 Å². The van der Waals surface area contributed by atoms with Crippen molar-refractivity contribution in [2.75, 3.05) is 11.5 Å². The smallest absolute Gasteiger partial charge is 0.315 e. The Bertz CT molecular complexity index is 567. The highest BCUT2D eigenvalue weighted by Crippen LogP contribution is 2.32. The second kappa shape index (κ2) is 4.79. The molecular weight excluding hydrogens is 228 g/mol. The lowest BCUT2D eigenvalue weighted by atomic mass is 9.90. The Kier molecular flexibility index (Phi) is 3.19. The number of nitrogen functional groups attached to an aromatic ring is 2. The SMILES string of the molecule is Nc1cccc(C(C(=O)O)c2ccccc2)c1N. The highest BCUT2D eigenvalue weighted by molar-refractivity contribution is 5.85. The van der Waals surface area contributed by atoms with Crippen molar-refractivity contribution in [3.63, 3.8) is 0 Å². The molecule has 0 saturated heterocycles. The van der Waals surface area contributed by atoms with Gasteiger partial charge in [-0.2, -0.15) is 0 Å². The third kappa shape index (κ3) is 2.13. The predicted molar refractivity (Wildman–Crippen MR) is 71.2 cm³/mol. The van der Waals surface area contributed by atoms with Gasteiger partial charge in [0, 0.05) is 0 Å². The van der Waals surface area contributed by atoms with E-state index in [4.69, 9.17) is 11.5 Å². The van der Waals surface area contributed by atoms with E-state index in [-0.39, 0.29) is 0 Å². The Morgan fingerprint density at radius 3 is 2.28 bits per heavy atom. The van der Waals surface area contributed by atoms with Crippen LogP contribution in [0.2, 0.25) is 0 Å². The molecule has 4 heteroatoms. The van der Waals surface area contributed by atoms with Gasteiger partial charge in [-0.1, -0.05) is 42.5 Å². The summed E-state index contributed by atoms with van der Waals surface area (Å²) in [6.45, 7) is 0. The summed E-state index contributed by atoms with van der Waals surface area (Å²) >= 11 is 0. The molecule has 0 fully saturated rings. The number of rotatable bonds is 3. The Balaban J connectivity index is 2.56. The molecule has 1 atom stereocenters. The van der Waals surface area contributed by atoms with Gasteiger partial charge in [-0.25, -0.2) is 0 Å². The average molecular weight is 242 g/mol. The largest absolute Gasteiger partial charge is 0.481 e. The van der Waals surface area contributed by atoms with E-state index in [1.165, 1.54) is 0 Å². The molecule has 0 bridgehead atoms. The normalized spacial score (nSPS) is 12.0. The van der Waals surface area contributed by atoms with E-state index in [1.54, 1.807) is 42.5 Å². The highest BCUT2D eigenvalue weighted by Gasteiger charge is 2.24. The number of benzene rings is 2. The van der Waals surface area contributed by atoms with Crippen LogP contribution in [0, 0.1) is 0 Å². The van der Waals surface area contributed by atoms with Crippen LogP contribution in [0.1, 0.15) is 17.0 Å². The zero-order valence-corrected chi connectivity index (χ0v) is 9.71. The van der Waals surface area contributed by atoms with E-state index in [9.17, 15) is 9.90 Å². The third-order valence-electron chi connectivity index (χ3n) is 2.86. The van der Waals surface area contributed by atoms with Gasteiger partial charge in [0.05, 0.1) is 11.4 Å². The number of hydrogen-bond donors (Lipinski definition) is 3. The number of hydrogen-bond acceptors (Lipinski definition) is 3. The van der Waals surface area contributed by atoms with Crippen molar-refractivity contribution in [2.24, 2.45) is 0 Å². The minimum atomic E-state index is -0.946. The maximum atomic E-state index is 11.5. The molecule has 0 aliphatic heterocycles. The van der Waals surface area contributed by atoms with Crippen molar-refractivity contribution in [1.82, 2.24) is 0 Å². The van der Waals surface area contributed by atoms with Gasteiger partial charge in [-0.15, -0.1) is 0 Å². The van der Waals surface area contributed by atoms with E-state index < -0.39 is 11.9 Å². The van der Waals surface area contributed by atoms with Crippen LogP contribution in [0.3, 0.4) is 0 Å². The van der Waals surface area contributed by atoms with E-state index in [2.05, 4.69) is 0 Å². The topological polar surface area (TPSA) is 89.3 Å². The number of nitrogens with two attached hydrogens (primary N) is 2. The standard InChI is InChI=1S/C14H14N2O2/c15-11-8-4-7-10(13(11)16)12(14(17)18)9-5-2-1-3-6-9/h1-8,12H,15-16H2,(H,17,18). The lowest BCUT2D eigenvalue weighted by Gasteiger charge is -2.16. The number of carboxylic acid groups (broad SMARTS) is 1. The molecule has 0 radical (unpaired) electrons. The maximum Gasteiger partial charge on any atom is 0.315 e. The molecule has 0 aliphatic rings. The summed E-state index contributed by atoms with van der Waals surface area (Å²) in [6.07, 6.45) is 0. The van der Waals surface area contributed by atoms with E-state index in [0.29, 0.717) is 22.5 Å². The first-order chi connectivity index (χ1) is 8.61. The number of carbonyl (C=O) groups is 1. The van der Waals surface area contributed by atoms with Crippen molar-refractivity contribution >= 4 is 17.3 Å². The van der Waals surface area contributed by atoms with Crippen LogP contribution in [0.15, 0.2) is 48.5 Å². The summed E-state index contributed by atoms with van der Waals surface area (Å²) in [5.41, 5.74) is 13.5. The first kappa shape index (κ1) is 12.0. The molecule has 0 spiro atoms. The fourth-order valence-corrected chi connectivity index (χ4v) is 1.95. The van der Waals surface area contributed by atoms with Crippen LogP contribution in [-0.2, 0) is 4.79 Å². The van der Waals surface area contributed by atoms with Crippen LogP contribution in [0.25, 0.3) is 0 Å². The van der Waals surface area contributed by atoms with Gasteiger partial charge in [-0.3, -0.25) is 4.79 Å². The summed E-state index contributed by atoms with van der Waals surface area (Å²) in [6, 6.07) is 14.0. The number of para-hydroxylation sites is 1. The second-order valence-corrected chi connectivity index (χ2v) is 4.03. The van der Waals surface area contributed by atoms with Gasteiger partial charge in [0.1, 0.15) is 5.92 Å². The van der Waals surface area contributed by atoms with Crippen molar-refractivity contribution in [1.29, 1.82) is 0 Å². The van der Waals surface area contributed by atoms with Crippen LogP contribution in [-0.4, -0.2) is 11.1 Å². The Hall–Kier alpha value is -2.49. The second-order valence-electron chi connectivity index (χ2n) is 4.03. The van der Waals surface area contributed by atoms with Crippen LogP contribution in [0.5, 0.6) is 0 Å². The fourth-order valence-electron chi connectivity index (χ4n) is 1.95. The van der Waals surface area contributed by atoms with Crippen molar-refractivity contribution < 1.29 is 9.90 Å². The zero-order chi connectivity index (χ0) is 13.1. The molecule has 18 heavy (non-hydrogen) atoms. The molecule has 4 nitrogen and oxygen atoms in total. The summed E-state index contributed by atoms with van der Waals surface area (Å²) in [5, 5.41) is 9.40. The monoisotopic (exact) mass is 242 g/mol. The fraction of sp³-hybridized carbons (Fsp3) is 0.0714. The summed E-state index contributed by atoms with van der Waals surface area (Å²) in [5.74, 6) is -1.74. The Morgan fingerprint density at radius 1 is 1.00 bits per heavy atom. The lowest BCUT2D eigenvalue weighted by Crippen LogP contribution is -2.15. The van der Waals surface area contributed by atoms with Gasteiger partial charge < -0.3 is 16.6 Å². The molecule has 2 aromatic rings. The van der Waals surface area contributed by atoms with Gasteiger partial charge in [0.25, 0.3) is 0 Å². The Labute approximate surface area is 105 Å². The van der Waals surface area contributed by atoms with Crippen molar-refractivity contribution in [2.45, 2.75) is 5.92 Å². The molecule has 92 valence electrons. The van der Waals surface area contributed by atoms with Crippen LogP contribution >= 0.6 is 0 Å². The van der Waals surface area contributed by atoms with Crippen LogP contribution < -0.4 is 11.5 Å². The molecule has 5 N–H and O–H groups in total. The van der Waals surface area contributed by atoms with E-state index in [1.807, 2.05) is 6.07 Å². The molecule has 0 aromatic heterocycles. The van der Waals surface area contributed by atoms with Gasteiger partial charge in [0.2, 0.25) is 0 Å². The maximum absolute atomic E-state index is 11.5. The van der Waals surface area contributed by atoms with E-state index >= 15 is 0 Å². The summed E-state index contributed by atoms with van der Waals surface area (Å²) < 4.78 is 0. The molecule has 1 unspecified atom stereocenters. The molecule has 0 saturated carbocycles. The average Bonchev–Trinajstić information content (AvgIpc) is 2.36. The van der Waals surface area contributed by atoms with Gasteiger partial charge in [-0.05, 0) is 17.2 Å².